The number of aryl methyl sites for hydroxylation is 2. The van der Waals surface area contributed by atoms with Crippen LogP contribution >= 0.6 is 0 Å². The number of halogens is 1. The molecule has 0 aliphatic carbocycles. The molecule has 32 heavy (non-hydrogen) atoms. The van der Waals surface area contributed by atoms with Gasteiger partial charge in [-0.2, -0.15) is 10.5 Å². The molecule has 0 spiro atoms. The average molecular weight is 422 g/mol. The van der Waals surface area contributed by atoms with Gasteiger partial charge in [0, 0.05) is 6.54 Å². The van der Waals surface area contributed by atoms with Gasteiger partial charge in [0.25, 0.3) is 0 Å². The molecule has 5 aromatic rings. The predicted octanol–water partition coefficient (Wildman–Crippen LogP) is 3.68. The number of hydrogen-bond donors (Lipinski definition) is 2. The molecule has 3 heterocycles. The van der Waals surface area contributed by atoms with E-state index >= 15 is 0 Å². The van der Waals surface area contributed by atoms with Crippen molar-refractivity contribution >= 4 is 28.0 Å². The van der Waals surface area contributed by atoms with Crippen LogP contribution < -0.4 is 5.73 Å². The van der Waals surface area contributed by atoms with Crippen LogP contribution in [0, 0.1) is 28.5 Å². The Kier molecular flexibility index (Phi) is 4.50. The maximum atomic E-state index is 14.2. The second-order valence-corrected chi connectivity index (χ2v) is 7.17. The third-order valence-electron chi connectivity index (χ3n) is 5.32. The van der Waals surface area contributed by atoms with E-state index in [0.29, 0.717) is 46.9 Å². The van der Waals surface area contributed by atoms with Gasteiger partial charge in [-0.25, -0.2) is 19.3 Å². The van der Waals surface area contributed by atoms with E-state index in [9.17, 15) is 14.9 Å². The van der Waals surface area contributed by atoms with Gasteiger partial charge in [-0.15, -0.1) is 0 Å². The van der Waals surface area contributed by atoms with Gasteiger partial charge in [0.1, 0.15) is 35.1 Å². The predicted molar refractivity (Wildman–Crippen MR) is 117 cm³/mol. The van der Waals surface area contributed by atoms with Crippen LogP contribution in [-0.2, 0) is 13.0 Å². The maximum Gasteiger partial charge on any atom is 0.179 e. The Hall–Kier alpha value is -4.76. The highest BCUT2D eigenvalue weighted by atomic mass is 19.1. The van der Waals surface area contributed by atoms with Crippen molar-refractivity contribution < 1.29 is 4.39 Å². The van der Waals surface area contributed by atoms with E-state index in [-0.39, 0.29) is 17.2 Å². The van der Waals surface area contributed by atoms with Crippen LogP contribution in [0.5, 0.6) is 0 Å². The summed E-state index contributed by atoms with van der Waals surface area (Å²) in [6.07, 6.45) is 0.351. The number of imidazole rings is 1. The zero-order chi connectivity index (χ0) is 22.2. The number of anilines is 1. The summed E-state index contributed by atoms with van der Waals surface area (Å²) >= 11 is 0. The number of nitrogen functional groups attached to an aromatic ring is 1. The SMILES string of the molecule is N#Cc1nc2c(-c3nc4ccccc4[nH]3)c(N)n(CCc3ccccc3F)c2nc1C#N. The van der Waals surface area contributed by atoms with Gasteiger partial charge in [-0.1, -0.05) is 30.3 Å². The van der Waals surface area contributed by atoms with E-state index in [2.05, 4.69) is 19.9 Å². The van der Waals surface area contributed by atoms with Crippen LogP contribution in [-0.4, -0.2) is 24.5 Å². The highest BCUT2D eigenvalue weighted by Crippen LogP contribution is 2.35. The number of aromatic amines is 1. The lowest BCUT2D eigenvalue weighted by Gasteiger charge is -2.08. The number of nitrogens with two attached hydrogens (primary N) is 1. The van der Waals surface area contributed by atoms with Crippen molar-refractivity contribution in [2.45, 2.75) is 13.0 Å². The number of nitrogens with one attached hydrogen (secondary N) is 1. The average Bonchev–Trinajstić information content (AvgIpc) is 3.35. The van der Waals surface area contributed by atoms with Crippen LogP contribution in [0.4, 0.5) is 10.2 Å². The third kappa shape index (κ3) is 3.01. The molecule has 0 saturated carbocycles. The standard InChI is InChI=1S/C23H15FN8/c24-14-6-2-1-5-13(14)9-10-32-21(27)19(22-29-15-7-3-4-8-16(15)30-22)20-23(32)31-18(12-26)17(11-25)28-20/h1-8H,9-10,27H2,(H,29,30). The van der Waals surface area contributed by atoms with E-state index in [1.807, 2.05) is 36.4 Å². The fourth-order valence-corrected chi connectivity index (χ4v) is 3.77. The molecule has 3 aromatic heterocycles. The highest BCUT2D eigenvalue weighted by Gasteiger charge is 2.24. The molecule has 8 nitrogen and oxygen atoms in total. The zero-order valence-electron chi connectivity index (χ0n) is 16.7. The maximum absolute atomic E-state index is 14.2. The Morgan fingerprint density at radius 3 is 2.44 bits per heavy atom. The first-order valence-corrected chi connectivity index (χ1v) is 9.79. The van der Waals surface area contributed by atoms with Crippen LogP contribution in [0.2, 0.25) is 0 Å². The summed E-state index contributed by atoms with van der Waals surface area (Å²) in [4.78, 5) is 16.6. The first-order valence-electron chi connectivity index (χ1n) is 9.79. The van der Waals surface area contributed by atoms with Crippen LogP contribution in [0.3, 0.4) is 0 Å². The van der Waals surface area contributed by atoms with Gasteiger partial charge in [-0.3, -0.25) is 0 Å². The van der Waals surface area contributed by atoms with Crippen LogP contribution in [0.25, 0.3) is 33.6 Å². The number of hydrogen-bond acceptors (Lipinski definition) is 6. The fraction of sp³-hybridized carbons (Fsp3) is 0.0870. The number of rotatable bonds is 4. The molecule has 0 saturated heterocycles. The Balaban J connectivity index is 1.72. The summed E-state index contributed by atoms with van der Waals surface area (Å²) in [7, 11) is 0. The monoisotopic (exact) mass is 422 g/mol. The number of aromatic nitrogens is 5. The molecule has 0 bridgehead atoms. The molecule has 5 rings (SSSR count). The minimum Gasteiger partial charge on any atom is -0.384 e. The van der Waals surface area contributed by atoms with Gasteiger partial charge < -0.3 is 15.3 Å². The summed E-state index contributed by atoms with van der Waals surface area (Å²) < 4.78 is 15.8. The molecule has 2 aromatic carbocycles. The number of benzene rings is 2. The van der Waals surface area contributed by atoms with Crippen molar-refractivity contribution in [2.24, 2.45) is 0 Å². The van der Waals surface area contributed by atoms with Gasteiger partial charge in [0.2, 0.25) is 0 Å². The number of para-hydroxylation sites is 2. The van der Waals surface area contributed by atoms with Crippen LogP contribution in [0.15, 0.2) is 48.5 Å². The van der Waals surface area contributed by atoms with E-state index in [0.717, 1.165) is 11.0 Å². The Morgan fingerprint density at radius 1 is 0.969 bits per heavy atom. The number of fused-ring (bicyclic) bond motifs is 2. The molecule has 0 radical (unpaired) electrons. The van der Waals surface area contributed by atoms with Gasteiger partial charge in [0.15, 0.2) is 17.0 Å². The van der Waals surface area contributed by atoms with Crippen molar-refractivity contribution in [1.82, 2.24) is 24.5 Å². The van der Waals surface area contributed by atoms with Gasteiger partial charge in [-0.05, 0) is 30.2 Å². The van der Waals surface area contributed by atoms with Gasteiger partial charge >= 0.3 is 0 Å². The highest BCUT2D eigenvalue weighted by molar-refractivity contribution is 5.98. The molecule has 0 unspecified atom stereocenters. The van der Waals surface area contributed by atoms with E-state index in [4.69, 9.17) is 5.73 Å². The minimum absolute atomic E-state index is 0.0939. The lowest BCUT2D eigenvalue weighted by Crippen LogP contribution is -2.08. The first-order chi connectivity index (χ1) is 15.6. The lowest BCUT2D eigenvalue weighted by atomic mass is 10.1. The van der Waals surface area contributed by atoms with Crippen LogP contribution in [0.1, 0.15) is 17.0 Å². The van der Waals surface area contributed by atoms with E-state index in [1.165, 1.54) is 6.07 Å². The van der Waals surface area contributed by atoms with Crippen molar-refractivity contribution in [2.75, 3.05) is 5.73 Å². The molecule has 0 fully saturated rings. The number of nitrogens with zero attached hydrogens (tertiary/aromatic N) is 6. The summed E-state index contributed by atoms with van der Waals surface area (Å²) in [5.74, 6) is 0.478. The molecule has 154 valence electrons. The molecular weight excluding hydrogens is 407 g/mol. The minimum atomic E-state index is -0.310. The smallest absolute Gasteiger partial charge is 0.179 e. The third-order valence-corrected chi connectivity index (χ3v) is 5.32. The quantitative estimate of drug-likeness (QED) is 0.454. The molecule has 0 aliphatic rings. The van der Waals surface area contributed by atoms with Crippen molar-refractivity contribution in [1.29, 1.82) is 10.5 Å². The Labute approximate surface area is 181 Å². The molecular formula is C23H15FN8. The second-order valence-electron chi connectivity index (χ2n) is 7.17. The lowest BCUT2D eigenvalue weighted by molar-refractivity contribution is 0.597. The van der Waals surface area contributed by atoms with Gasteiger partial charge in [0.05, 0.1) is 16.6 Å². The first kappa shape index (κ1) is 19.2. The molecule has 3 N–H and O–H groups in total. The summed E-state index contributed by atoms with van der Waals surface area (Å²) in [5.41, 5.74) is 9.59. The fourth-order valence-electron chi connectivity index (χ4n) is 3.77. The Morgan fingerprint density at radius 2 is 1.69 bits per heavy atom. The molecule has 0 aliphatic heterocycles. The van der Waals surface area contributed by atoms with Crippen molar-refractivity contribution in [3.05, 3.63) is 71.3 Å². The number of H-pyrrole nitrogens is 1. The summed E-state index contributed by atoms with van der Waals surface area (Å²) in [6.45, 7) is 0.301. The topological polar surface area (TPSA) is 133 Å². The summed E-state index contributed by atoms with van der Waals surface area (Å²) in [6, 6.07) is 17.8. The molecule has 9 heteroatoms. The Bertz CT molecular complexity index is 1550. The van der Waals surface area contributed by atoms with Crippen molar-refractivity contribution in [3.63, 3.8) is 0 Å². The van der Waals surface area contributed by atoms with Crippen molar-refractivity contribution in [3.8, 4) is 23.5 Å². The summed E-state index contributed by atoms with van der Waals surface area (Å²) in [5, 5.41) is 18.9. The normalized spacial score (nSPS) is 11.0. The van der Waals surface area contributed by atoms with E-state index < -0.39 is 0 Å². The number of nitriles is 2. The molecule has 0 atom stereocenters. The second kappa shape index (κ2) is 7.49. The molecule has 0 amide bonds. The largest absolute Gasteiger partial charge is 0.384 e. The zero-order valence-corrected chi connectivity index (χ0v) is 16.7. The van der Waals surface area contributed by atoms with E-state index in [1.54, 1.807) is 22.8 Å².